The predicted molar refractivity (Wildman–Crippen MR) is 107 cm³/mol. The Kier molecular flexibility index (Phi) is 5.94. The van der Waals surface area contributed by atoms with Crippen LogP contribution in [0.15, 0.2) is 59.7 Å². The van der Waals surface area contributed by atoms with Gasteiger partial charge in [-0.25, -0.2) is 9.79 Å². The molecule has 0 atom stereocenters. The molecule has 0 N–H and O–H groups in total. The van der Waals surface area contributed by atoms with E-state index in [1.54, 1.807) is 24.3 Å². The molecule has 0 aliphatic carbocycles. The van der Waals surface area contributed by atoms with Gasteiger partial charge in [-0.15, -0.1) is 0 Å². The number of methoxy groups -OCH3 is 1. The third-order valence-electron chi connectivity index (χ3n) is 3.86. The summed E-state index contributed by atoms with van der Waals surface area (Å²) in [5.41, 5.74) is 0.600. The number of halogens is 1. The Bertz CT molecular complexity index is 1060. The van der Waals surface area contributed by atoms with E-state index in [-0.39, 0.29) is 27.9 Å². The maximum Gasteiger partial charge on any atom is 0.363 e. The Morgan fingerprint density at radius 2 is 2.07 bits per heavy atom. The predicted octanol–water partition coefficient (Wildman–Crippen LogP) is 4.17. The van der Waals surface area contributed by atoms with Crippen LogP contribution in [-0.4, -0.2) is 30.5 Å². The molecular weight excluding hydrogens is 400 g/mol. The minimum Gasteiger partial charge on any atom is -0.493 e. The van der Waals surface area contributed by atoms with Gasteiger partial charge >= 0.3 is 5.97 Å². The third kappa shape index (κ3) is 4.44. The van der Waals surface area contributed by atoms with Crippen LogP contribution in [0.25, 0.3) is 6.08 Å². The van der Waals surface area contributed by atoms with Crippen LogP contribution < -0.4 is 9.47 Å². The van der Waals surface area contributed by atoms with Gasteiger partial charge in [0, 0.05) is 12.1 Å². The lowest BCUT2D eigenvalue weighted by molar-refractivity contribution is -0.384. The molecule has 0 unspecified atom stereocenters. The van der Waals surface area contributed by atoms with Crippen molar-refractivity contribution >= 4 is 35.2 Å². The Balaban J connectivity index is 1.94. The van der Waals surface area contributed by atoms with E-state index in [2.05, 4.69) is 11.6 Å². The summed E-state index contributed by atoms with van der Waals surface area (Å²) < 4.78 is 15.9. The average molecular weight is 415 g/mol. The van der Waals surface area contributed by atoms with Crippen LogP contribution in [0.2, 0.25) is 5.02 Å². The quantitative estimate of drug-likeness (QED) is 0.221. The van der Waals surface area contributed by atoms with E-state index in [4.69, 9.17) is 25.8 Å². The van der Waals surface area contributed by atoms with Crippen molar-refractivity contribution in [3.05, 3.63) is 81.0 Å². The summed E-state index contributed by atoms with van der Waals surface area (Å²) in [4.78, 5) is 26.7. The maximum atomic E-state index is 12.2. The fourth-order valence-electron chi connectivity index (χ4n) is 2.51. The van der Waals surface area contributed by atoms with Crippen molar-refractivity contribution in [2.24, 2.45) is 4.99 Å². The van der Waals surface area contributed by atoms with Crippen molar-refractivity contribution < 1.29 is 23.9 Å². The van der Waals surface area contributed by atoms with E-state index in [1.165, 1.54) is 31.4 Å². The van der Waals surface area contributed by atoms with Gasteiger partial charge in [-0.05, 0) is 29.8 Å². The number of hydrogen-bond acceptors (Lipinski definition) is 7. The summed E-state index contributed by atoms with van der Waals surface area (Å²) in [7, 11) is 1.50. The normalized spacial score (nSPS) is 14.3. The highest BCUT2D eigenvalue weighted by molar-refractivity contribution is 6.34. The largest absolute Gasteiger partial charge is 0.493 e. The van der Waals surface area contributed by atoms with Gasteiger partial charge in [0.25, 0.3) is 5.69 Å². The molecule has 1 heterocycles. The number of benzene rings is 2. The van der Waals surface area contributed by atoms with E-state index in [0.717, 1.165) is 0 Å². The van der Waals surface area contributed by atoms with Gasteiger partial charge in [0.05, 0.1) is 22.6 Å². The molecule has 3 rings (SSSR count). The number of aliphatic imine (C=N–C) groups is 1. The summed E-state index contributed by atoms with van der Waals surface area (Å²) >= 11 is 6.08. The first-order valence-electron chi connectivity index (χ1n) is 8.31. The van der Waals surface area contributed by atoms with Crippen molar-refractivity contribution in [2.45, 2.75) is 0 Å². The fraction of sp³-hybridized carbons (Fsp3) is 0.100. The zero-order valence-electron chi connectivity index (χ0n) is 15.3. The first-order chi connectivity index (χ1) is 13.9. The van der Waals surface area contributed by atoms with Crippen molar-refractivity contribution in [1.82, 2.24) is 0 Å². The Morgan fingerprint density at radius 1 is 1.28 bits per heavy atom. The number of rotatable bonds is 7. The van der Waals surface area contributed by atoms with Crippen LogP contribution in [0.3, 0.4) is 0 Å². The Labute approximate surface area is 170 Å². The van der Waals surface area contributed by atoms with Crippen molar-refractivity contribution in [3.8, 4) is 11.5 Å². The first kappa shape index (κ1) is 20.1. The molecule has 8 nitrogen and oxygen atoms in total. The highest BCUT2D eigenvalue weighted by Crippen LogP contribution is 2.31. The number of non-ortho nitro benzene ring substituents is 1. The van der Waals surface area contributed by atoms with Gasteiger partial charge in [0.1, 0.15) is 6.61 Å². The molecule has 1 aliphatic heterocycles. The standard InChI is InChI=1S/C20H15ClN2O6/c1-3-8-28-17-7-4-12(10-18(17)27-2)9-16-20(24)29-19(22-16)14-11-13(23(25)26)5-6-15(14)21/h3-7,9-11H,1,8H2,2H3/b16-9-. The second-order valence-corrected chi connectivity index (χ2v) is 6.17. The summed E-state index contributed by atoms with van der Waals surface area (Å²) in [6.45, 7) is 3.91. The second kappa shape index (κ2) is 8.57. The van der Waals surface area contributed by atoms with Crippen molar-refractivity contribution in [2.75, 3.05) is 13.7 Å². The molecule has 29 heavy (non-hydrogen) atoms. The summed E-state index contributed by atoms with van der Waals surface area (Å²) in [5, 5.41) is 11.2. The van der Waals surface area contributed by atoms with E-state index in [1.807, 2.05) is 0 Å². The molecule has 2 aromatic carbocycles. The lowest BCUT2D eigenvalue weighted by Gasteiger charge is -2.09. The molecule has 0 saturated heterocycles. The molecule has 0 saturated carbocycles. The minimum atomic E-state index is -0.700. The van der Waals surface area contributed by atoms with E-state index in [0.29, 0.717) is 23.7 Å². The highest BCUT2D eigenvalue weighted by Gasteiger charge is 2.27. The molecule has 0 amide bonds. The number of ether oxygens (including phenoxy) is 3. The zero-order chi connectivity index (χ0) is 21.0. The molecule has 0 spiro atoms. The number of nitrogens with zero attached hydrogens (tertiary/aromatic N) is 2. The van der Waals surface area contributed by atoms with E-state index >= 15 is 0 Å². The van der Waals surface area contributed by atoms with E-state index in [9.17, 15) is 14.9 Å². The zero-order valence-corrected chi connectivity index (χ0v) is 16.0. The maximum absolute atomic E-state index is 12.2. The van der Waals surface area contributed by atoms with Crippen LogP contribution in [-0.2, 0) is 9.53 Å². The summed E-state index contributed by atoms with van der Waals surface area (Å²) in [6, 6.07) is 8.88. The molecule has 2 aromatic rings. The van der Waals surface area contributed by atoms with Gasteiger partial charge < -0.3 is 14.2 Å². The molecule has 0 fully saturated rings. The number of nitro groups is 1. The van der Waals surface area contributed by atoms with Gasteiger partial charge in [-0.1, -0.05) is 30.3 Å². The molecular formula is C20H15ClN2O6. The van der Waals surface area contributed by atoms with Crippen LogP contribution in [0, 0.1) is 10.1 Å². The second-order valence-electron chi connectivity index (χ2n) is 5.77. The lowest BCUT2D eigenvalue weighted by Crippen LogP contribution is -2.06. The van der Waals surface area contributed by atoms with Gasteiger partial charge in [0.2, 0.25) is 5.90 Å². The van der Waals surface area contributed by atoms with Gasteiger partial charge in [0.15, 0.2) is 17.2 Å². The van der Waals surface area contributed by atoms with Crippen LogP contribution in [0.5, 0.6) is 11.5 Å². The topological polar surface area (TPSA) is 100 Å². The van der Waals surface area contributed by atoms with E-state index < -0.39 is 10.9 Å². The molecule has 0 bridgehead atoms. The number of carbonyl (C=O) groups excluding carboxylic acids is 1. The monoisotopic (exact) mass is 414 g/mol. The minimum absolute atomic E-state index is 0.0179. The van der Waals surface area contributed by atoms with Crippen LogP contribution in [0.4, 0.5) is 5.69 Å². The number of hydrogen-bond donors (Lipinski definition) is 0. The van der Waals surface area contributed by atoms with Crippen molar-refractivity contribution in [3.63, 3.8) is 0 Å². The molecule has 148 valence electrons. The number of esters is 1. The van der Waals surface area contributed by atoms with Crippen molar-refractivity contribution in [1.29, 1.82) is 0 Å². The average Bonchev–Trinajstić information content (AvgIpc) is 3.07. The Morgan fingerprint density at radius 3 is 2.76 bits per heavy atom. The highest BCUT2D eigenvalue weighted by atomic mass is 35.5. The van der Waals surface area contributed by atoms with Crippen LogP contribution in [0.1, 0.15) is 11.1 Å². The summed E-state index contributed by atoms with van der Waals surface area (Å²) in [5.74, 6) is 0.191. The third-order valence-corrected chi connectivity index (χ3v) is 4.19. The molecule has 9 heteroatoms. The first-order valence-corrected chi connectivity index (χ1v) is 8.69. The van der Waals surface area contributed by atoms with Gasteiger partial charge in [-0.2, -0.15) is 0 Å². The fourth-order valence-corrected chi connectivity index (χ4v) is 2.71. The number of nitro benzene ring substituents is 1. The smallest absolute Gasteiger partial charge is 0.363 e. The lowest BCUT2D eigenvalue weighted by atomic mass is 10.1. The Hall–Kier alpha value is -3.65. The summed E-state index contributed by atoms with van der Waals surface area (Å²) in [6.07, 6.45) is 3.11. The number of cyclic esters (lactones) is 1. The SMILES string of the molecule is C=CCOc1ccc(/C=C2\N=C(c3cc([N+](=O)[O-])ccc3Cl)OC2=O)cc1OC. The number of carbonyl (C=O) groups is 1. The van der Waals surface area contributed by atoms with Crippen LogP contribution >= 0.6 is 11.6 Å². The molecule has 0 radical (unpaired) electrons. The van der Waals surface area contributed by atoms with Gasteiger partial charge in [-0.3, -0.25) is 10.1 Å². The molecule has 1 aliphatic rings. The molecule has 0 aromatic heterocycles.